The lowest BCUT2D eigenvalue weighted by Gasteiger charge is -2.12. The molecule has 4 heteroatoms. The molecule has 0 bridgehead atoms. The van der Waals surface area contributed by atoms with Crippen LogP contribution in [0.25, 0.3) is 0 Å². The summed E-state index contributed by atoms with van der Waals surface area (Å²) < 4.78 is 0. The molecule has 0 spiro atoms. The fourth-order valence-electron chi connectivity index (χ4n) is 0.994. The Balaban J connectivity index is 4.27. The van der Waals surface area contributed by atoms with Gasteiger partial charge in [-0.15, -0.1) is 0 Å². The number of nitrogens with one attached hydrogen (secondary N) is 2. The number of hydrogen-bond acceptors (Lipinski definition) is 4. The number of carbonyl (C=O) groups is 1. The summed E-state index contributed by atoms with van der Waals surface area (Å²) in [5, 5.41) is 5.77. The maximum atomic E-state index is 11.1. The first-order valence-electron chi connectivity index (χ1n) is 4.16. The average molecular weight is 183 g/mol. The van der Waals surface area contributed by atoms with Crippen molar-refractivity contribution in [2.75, 3.05) is 14.1 Å². The van der Waals surface area contributed by atoms with Crippen molar-refractivity contribution in [3.8, 4) is 0 Å². The molecular formula is C9H17N3O. The van der Waals surface area contributed by atoms with Crippen molar-refractivity contribution < 1.29 is 4.79 Å². The molecule has 0 aromatic heterocycles. The summed E-state index contributed by atoms with van der Waals surface area (Å²) in [6.45, 7) is 4.99. The zero-order chi connectivity index (χ0) is 10.3. The van der Waals surface area contributed by atoms with Gasteiger partial charge in [-0.1, -0.05) is 0 Å². The Morgan fingerprint density at radius 1 is 1.62 bits per heavy atom. The highest BCUT2D eigenvalue weighted by Crippen LogP contribution is 2.05. The van der Waals surface area contributed by atoms with Crippen LogP contribution in [0.15, 0.2) is 16.9 Å². The summed E-state index contributed by atoms with van der Waals surface area (Å²) in [6.07, 6.45) is 2.30. The minimum absolute atomic E-state index is 0.105. The molecule has 0 rings (SSSR count). The molecule has 1 unspecified atom stereocenters. The Morgan fingerprint density at radius 2 is 2.23 bits per heavy atom. The van der Waals surface area contributed by atoms with Gasteiger partial charge in [-0.05, 0) is 20.7 Å². The molecule has 1 atom stereocenters. The third kappa shape index (κ3) is 4.42. The van der Waals surface area contributed by atoms with Crippen LogP contribution in [0.3, 0.4) is 0 Å². The van der Waals surface area contributed by atoms with Crippen LogP contribution in [-0.4, -0.2) is 32.6 Å². The molecule has 0 aliphatic carbocycles. The van der Waals surface area contributed by atoms with Gasteiger partial charge < -0.3 is 10.6 Å². The molecule has 0 amide bonds. The molecule has 0 aromatic carbocycles. The number of aliphatic imine (C=N–C) groups is 1. The standard InChI is InChI=1S/C9H17N3O/c1-7(13)9(12-4)5-8(11-3)6-10-2/h6,9-10,12H,3,5H2,1-2,4H3/b8-6-. The van der Waals surface area contributed by atoms with Gasteiger partial charge in [0.25, 0.3) is 0 Å². The second-order valence-corrected chi connectivity index (χ2v) is 2.74. The molecule has 74 valence electrons. The van der Waals surface area contributed by atoms with Gasteiger partial charge in [0.15, 0.2) is 0 Å². The first-order valence-corrected chi connectivity index (χ1v) is 4.16. The lowest BCUT2D eigenvalue weighted by molar-refractivity contribution is -0.118. The van der Waals surface area contributed by atoms with Crippen LogP contribution in [0.4, 0.5) is 0 Å². The second kappa shape index (κ2) is 6.37. The summed E-state index contributed by atoms with van der Waals surface area (Å²) in [4.78, 5) is 14.9. The molecule has 0 fully saturated rings. The second-order valence-electron chi connectivity index (χ2n) is 2.74. The van der Waals surface area contributed by atoms with E-state index < -0.39 is 0 Å². The zero-order valence-electron chi connectivity index (χ0n) is 8.42. The van der Waals surface area contributed by atoms with Gasteiger partial charge in [-0.25, -0.2) is 0 Å². The van der Waals surface area contributed by atoms with E-state index in [1.807, 2.05) is 0 Å². The van der Waals surface area contributed by atoms with E-state index in [0.29, 0.717) is 6.42 Å². The largest absolute Gasteiger partial charge is 0.393 e. The topological polar surface area (TPSA) is 53.5 Å². The Hall–Kier alpha value is -1.16. The van der Waals surface area contributed by atoms with Crippen LogP contribution in [0.5, 0.6) is 0 Å². The SMILES string of the molecule is C=N/C(=C\NC)CC(NC)C(C)=O. The van der Waals surface area contributed by atoms with Crippen molar-refractivity contribution in [3.63, 3.8) is 0 Å². The molecule has 0 heterocycles. The lowest BCUT2D eigenvalue weighted by atomic mass is 10.1. The van der Waals surface area contributed by atoms with E-state index in [2.05, 4.69) is 22.3 Å². The highest BCUT2D eigenvalue weighted by atomic mass is 16.1. The summed E-state index contributed by atoms with van der Waals surface area (Å²) in [6, 6.07) is -0.176. The highest BCUT2D eigenvalue weighted by Gasteiger charge is 2.12. The summed E-state index contributed by atoms with van der Waals surface area (Å²) in [7, 11) is 3.54. The smallest absolute Gasteiger partial charge is 0.147 e. The quantitative estimate of drug-likeness (QED) is 0.583. The van der Waals surface area contributed by atoms with Crippen LogP contribution in [0.1, 0.15) is 13.3 Å². The molecule has 0 aliphatic heterocycles. The summed E-state index contributed by atoms with van der Waals surface area (Å²) in [5.41, 5.74) is 0.775. The van der Waals surface area contributed by atoms with Gasteiger partial charge >= 0.3 is 0 Å². The minimum Gasteiger partial charge on any atom is -0.393 e. The van der Waals surface area contributed by atoms with Gasteiger partial charge in [0.1, 0.15) is 5.78 Å². The molecule has 0 saturated carbocycles. The van der Waals surface area contributed by atoms with Crippen LogP contribution >= 0.6 is 0 Å². The summed E-state index contributed by atoms with van der Waals surface area (Å²) in [5.74, 6) is 0.105. The Morgan fingerprint density at radius 3 is 2.54 bits per heavy atom. The predicted molar refractivity (Wildman–Crippen MR) is 54.8 cm³/mol. The van der Waals surface area contributed by atoms with Crippen LogP contribution in [0, 0.1) is 0 Å². The van der Waals surface area contributed by atoms with Crippen molar-refractivity contribution in [2.45, 2.75) is 19.4 Å². The first kappa shape index (κ1) is 11.8. The minimum atomic E-state index is -0.176. The van der Waals surface area contributed by atoms with Gasteiger partial charge in [-0.2, -0.15) is 0 Å². The van der Waals surface area contributed by atoms with Gasteiger partial charge in [0.2, 0.25) is 0 Å². The Kier molecular flexibility index (Phi) is 5.80. The maximum Gasteiger partial charge on any atom is 0.147 e. The monoisotopic (exact) mass is 183 g/mol. The zero-order valence-corrected chi connectivity index (χ0v) is 8.42. The van der Waals surface area contributed by atoms with Crippen LogP contribution in [0.2, 0.25) is 0 Å². The number of ketones is 1. The fourth-order valence-corrected chi connectivity index (χ4v) is 0.994. The summed E-state index contributed by atoms with van der Waals surface area (Å²) >= 11 is 0. The van der Waals surface area contributed by atoms with E-state index in [0.717, 1.165) is 5.70 Å². The molecule has 0 radical (unpaired) electrons. The Labute approximate surface area is 79.1 Å². The molecule has 13 heavy (non-hydrogen) atoms. The molecular weight excluding hydrogens is 166 g/mol. The maximum absolute atomic E-state index is 11.1. The van der Waals surface area contributed by atoms with Crippen molar-refractivity contribution in [1.29, 1.82) is 0 Å². The molecule has 0 saturated heterocycles. The normalized spacial score (nSPS) is 13.6. The molecule has 4 nitrogen and oxygen atoms in total. The van der Waals surface area contributed by atoms with Gasteiger partial charge in [0, 0.05) is 19.7 Å². The Bertz CT molecular complexity index is 211. The first-order chi connectivity index (χ1) is 6.15. The van der Waals surface area contributed by atoms with Gasteiger partial charge in [0.05, 0.1) is 11.7 Å². The number of likely N-dealkylation sites (N-methyl/N-ethyl adjacent to an activating group) is 1. The number of nitrogens with zero attached hydrogens (tertiary/aromatic N) is 1. The average Bonchev–Trinajstić information content (AvgIpc) is 2.11. The van der Waals surface area contributed by atoms with E-state index in [9.17, 15) is 4.79 Å². The third-order valence-electron chi connectivity index (χ3n) is 1.77. The number of carbonyl (C=O) groups excluding carboxylic acids is 1. The van der Waals surface area contributed by atoms with Crippen molar-refractivity contribution in [3.05, 3.63) is 11.9 Å². The van der Waals surface area contributed by atoms with E-state index in [1.54, 1.807) is 27.2 Å². The van der Waals surface area contributed by atoms with Gasteiger partial charge in [-0.3, -0.25) is 9.79 Å². The number of Topliss-reactive ketones (excluding diaryl/α,β-unsaturated/α-hetero) is 1. The molecule has 2 N–H and O–H groups in total. The van der Waals surface area contributed by atoms with Crippen molar-refractivity contribution in [1.82, 2.24) is 10.6 Å². The molecule has 0 aliphatic rings. The predicted octanol–water partition coefficient (Wildman–Crippen LogP) is 0.315. The van der Waals surface area contributed by atoms with E-state index in [1.165, 1.54) is 0 Å². The van der Waals surface area contributed by atoms with Crippen LogP contribution in [-0.2, 0) is 4.79 Å². The van der Waals surface area contributed by atoms with Crippen LogP contribution < -0.4 is 10.6 Å². The van der Waals surface area contributed by atoms with Crippen molar-refractivity contribution >= 4 is 12.5 Å². The number of hydrogen-bond donors (Lipinski definition) is 2. The van der Waals surface area contributed by atoms with E-state index in [4.69, 9.17) is 0 Å². The van der Waals surface area contributed by atoms with E-state index in [-0.39, 0.29) is 11.8 Å². The van der Waals surface area contributed by atoms with E-state index >= 15 is 0 Å². The lowest BCUT2D eigenvalue weighted by Crippen LogP contribution is -2.32. The number of rotatable bonds is 6. The fraction of sp³-hybridized carbons (Fsp3) is 0.556. The third-order valence-corrected chi connectivity index (χ3v) is 1.77. The highest BCUT2D eigenvalue weighted by molar-refractivity contribution is 5.81. The molecule has 0 aromatic rings. The van der Waals surface area contributed by atoms with Crippen molar-refractivity contribution in [2.24, 2.45) is 4.99 Å².